The van der Waals surface area contributed by atoms with Crippen LogP contribution >= 0.6 is 0 Å². The van der Waals surface area contributed by atoms with Crippen LogP contribution in [0, 0.1) is 0 Å². The normalized spacial score (nSPS) is 14.2. The number of carbonyl (C=O) groups is 2. The maximum Gasteiger partial charge on any atom is 0.336 e. The molecular weight excluding hydrogens is 402 g/mol. The Morgan fingerprint density at radius 3 is 1.75 bits per heavy atom. The fourth-order valence-electron chi connectivity index (χ4n) is 3.81. The van der Waals surface area contributed by atoms with Crippen molar-refractivity contribution < 1.29 is 14.7 Å². The molecule has 1 aliphatic heterocycles. The molecule has 0 saturated carbocycles. The second-order valence-electron chi connectivity index (χ2n) is 7.57. The number of para-hydroxylation sites is 1. The van der Waals surface area contributed by atoms with Gasteiger partial charge in [-0.1, -0.05) is 48.5 Å². The average molecular weight is 428 g/mol. The number of hydrogen-bond acceptors (Lipinski definition) is 4. The number of carbonyl (C=O) groups excluding carboxylic acids is 1. The number of aliphatic carboxylic acids is 1. The monoisotopic (exact) mass is 427 g/mol. The number of hydrogen-bond donors (Lipinski definition) is 2. The summed E-state index contributed by atoms with van der Waals surface area (Å²) in [5, 5.41) is 12.2. The van der Waals surface area contributed by atoms with E-state index >= 15 is 0 Å². The Bertz CT molecular complexity index is 1090. The van der Waals surface area contributed by atoms with Crippen molar-refractivity contribution in [3.05, 3.63) is 96.6 Å². The van der Waals surface area contributed by atoms with Crippen molar-refractivity contribution in [2.75, 3.05) is 41.3 Å². The third-order valence-electron chi connectivity index (χ3n) is 5.49. The molecule has 0 spiro atoms. The maximum absolute atomic E-state index is 12.4. The van der Waals surface area contributed by atoms with Gasteiger partial charge in [0.15, 0.2) is 0 Å². The van der Waals surface area contributed by atoms with Crippen LogP contribution in [0.1, 0.15) is 5.56 Å². The first-order valence-corrected chi connectivity index (χ1v) is 10.6. The molecule has 3 aromatic carbocycles. The number of rotatable bonds is 6. The number of nitrogens with one attached hydrogen (secondary N) is 1. The number of piperazine rings is 1. The van der Waals surface area contributed by atoms with E-state index < -0.39 is 11.9 Å². The summed E-state index contributed by atoms with van der Waals surface area (Å²) in [4.78, 5) is 28.7. The Hall–Kier alpha value is -4.06. The molecule has 0 atom stereocenters. The predicted molar refractivity (Wildman–Crippen MR) is 128 cm³/mol. The second kappa shape index (κ2) is 9.83. The van der Waals surface area contributed by atoms with Gasteiger partial charge in [0.1, 0.15) is 0 Å². The molecule has 2 N–H and O–H groups in total. The summed E-state index contributed by atoms with van der Waals surface area (Å²) in [6.07, 6.45) is 1.12. The fourth-order valence-corrected chi connectivity index (χ4v) is 3.81. The summed E-state index contributed by atoms with van der Waals surface area (Å²) in [5.74, 6) is -1.62. The van der Waals surface area contributed by atoms with E-state index in [1.807, 2.05) is 30.3 Å². The lowest BCUT2D eigenvalue weighted by molar-refractivity contribution is -0.130. The number of nitrogens with zero attached hydrogens (tertiary/aromatic N) is 2. The van der Waals surface area contributed by atoms with Gasteiger partial charge in [-0.25, -0.2) is 4.79 Å². The summed E-state index contributed by atoms with van der Waals surface area (Å²) in [6.45, 7) is 3.74. The van der Waals surface area contributed by atoms with Crippen LogP contribution in [0.3, 0.4) is 0 Å². The lowest BCUT2D eigenvalue weighted by Gasteiger charge is -2.37. The summed E-state index contributed by atoms with van der Waals surface area (Å²) < 4.78 is 0. The van der Waals surface area contributed by atoms with Gasteiger partial charge in [-0.2, -0.15) is 0 Å². The summed E-state index contributed by atoms with van der Waals surface area (Å²) >= 11 is 0. The highest BCUT2D eigenvalue weighted by Gasteiger charge is 2.17. The summed E-state index contributed by atoms with van der Waals surface area (Å²) in [6, 6.07) is 26.7. The molecule has 1 amide bonds. The lowest BCUT2D eigenvalue weighted by atomic mass is 10.1. The SMILES string of the molecule is O=C(/C=C(/C(=O)O)c1ccccc1)Nc1ccc(N2CCN(c3ccccc3)CC2)cc1. The van der Waals surface area contributed by atoms with Gasteiger partial charge in [0.2, 0.25) is 5.91 Å². The molecule has 32 heavy (non-hydrogen) atoms. The van der Waals surface area contributed by atoms with Crippen LogP contribution in [0.25, 0.3) is 5.57 Å². The zero-order chi connectivity index (χ0) is 22.3. The van der Waals surface area contributed by atoms with E-state index in [1.54, 1.807) is 30.3 Å². The molecule has 0 aromatic heterocycles. The number of benzene rings is 3. The predicted octanol–water partition coefficient (Wildman–Crippen LogP) is 4.12. The van der Waals surface area contributed by atoms with E-state index in [-0.39, 0.29) is 5.57 Å². The highest BCUT2D eigenvalue weighted by Crippen LogP contribution is 2.22. The van der Waals surface area contributed by atoms with E-state index in [9.17, 15) is 14.7 Å². The van der Waals surface area contributed by atoms with Gasteiger partial charge in [-0.3, -0.25) is 4.79 Å². The standard InChI is InChI=1S/C26H25N3O3/c30-25(19-24(26(31)32)20-7-3-1-4-8-20)27-21-11-13-23(14-12-21)29-17-15-28(16-18-29)22-9-5-2-6-10-22/h1-14,19H,15-18H2,(H,27,30)(H,31,32)/b24-19+. The molecule has 6 heteroatoms. The Morgan fingerprint density at radius 1 is 0.719 bits per heavy atom. The van der Waals surface area contributed by atoms with Crippen molar-refractivity contribution in [1.82, 2.24) is 0 Å². The van der Waals surface area contributed by atoms with E-state index in [4.69, 9.17) is 0 Å². The largest absolute Gasteiger partial charge is 0.478 e. The van der Waals surface area contributed by atoms with Crippen LogP contribution in [-0.2, 0) is 9.59 Å². The fraction of sp³-hybridized carbons (Fsp3) is 0.154. The smallest absolute Gasteiger partial charge is 0.336 e. The molecule has 6 nitrogen and oxygen atoms in total. The van der Waals surface area contributed by atoms with E-state index in [0.717, 1.165) is 37.9 Å². The second-order valence-corrected chi connectivity index (χ2v) is 7.57. The van der Waals surface area contributed by atoms with E-state index in [1.165, 1.54) is 5.69 Å². The third-order valence-corrected chi connectivity index (χ3v) is 5.49. The molecule has 1 fully saturated rings. The van der Waals surface area contributed by atoms with Gasteiger partial charge >= 0.3 is 5.97 Å². The zero-order valence-electron chi connectivity index (χ0n) is 17.6. The van der Waals surface area contributed by atoms with Crippen molar-refractivity contribution >= 4 is 34.5 Å². The van der Waals surface area contributed by atoms with Gasteiger partial charge in [-0.15, -0.1) is 0 Å². The molecule has 162 valence electrons. The molecule has 0 aliphatic carbocycles. The topological polar surface area (TPSA) is 72.9 Å². The van der Waals surface area contributed by atoms with Gasteiger partial charge < -0.3 is 20.2 Å². The molecule has 1 heterocycles. The van der Waals surface area contributed by atoms with Gasteiger partial charge in [0.25, 0.3) is 0 Å². The lowest BCUT2D eigenvalue weighted by Crippen LogP contribution is -2.46. The Morgan fingerprint density at radius 2 is 1.22 bits per heavy atom. The molecular formula is C26H25N3O3. The van der Waals surface area contributed by atoms with Gasteiger partial charge in [0.05, 0.1) is 5.57 Å². The first kappa shape index (κ1) is 21.2. The Kier molecular flexibility index (Phi) is 6.51. The van der Waals surface area contributed by atoms with Crippen molar-refractivity contribution in [2.45, 2.75) is 0 Å². The summed E-state index contributed by atoms with van der Waals surface area (Å²) in [7, 11) is 0. The summed E-state index contributed by atoms with van der Waals surface area (Å²) in [5.41, 5.74) is 3.41. The molecule has 0 unspecified atom stereocenters. The zero-order valence-corrected chi connectivity index (χ0v) is 17.6. The molecule has 0 bridgehead atoms. The minimum Gasteiger partial charge on any atom is -0.478 e. The van der Waals surface area contributed by atoms with Crippen LogP contribution < -0.4 is 15.1 Å². The quantitative estimate of drug-likeness (QED) is 0.579. The molecule has 0 radical (unpaired) electrons. The van der Waals surface area contributed by atoms with Crippen molar-refractivity contribution in [1.29, 1.82) is 0 Å². The third kappa shape index (κ3) is 5.16. The Labute approximate surface area is 187 Å². The molecule has 3 aromatic rings. The first-order chi connectivity index (χ1) is 15.6. The average Bonchev–Trinajstić information content (AvgIpc) is 2.84. The van der Waals surface area contributed by atoms with Crippen molar-refractivity contribution in [3.8, 4) is 0 Å². The van der Waals surface area contributed by atoms with Crippen LogP contribution in [-0.4, -0.2) is 43.2 Å². The van der Waals surface area contributed by atoms with Crippen LogP contribution in [0.2, 0.25) is 0 Å². The highest BCUT2D eigenvalue weighted by atomic mass is 16.4. The number of carboxylic acids is 1. The molecule has 1 aliphatic rings. The number of carboxylic acid groups (broad SMARTS) is 1. The van der Waals surface area contributed by atoms with Crippen LogP contribution in [0.15, 0.2) is 91.0 Å². The van der Waals surface area contributed by atoms with Crippen molar-refractivity contribution in [3.63, 3.8) is 0 Å². The van der Waals surface area contributed by atoms with Crippen LogP contribution in [0.5, 0.6) is 0 Å². The van der Waals surface area contributed by atoms with Crippen LogP contribution in [0.4, 0.5) is 17.1 Å². The van der Waals surface area contributed by atoms with Crippen molar-refractivity contribution in [2.24, 2.45) is 0 Å². The molecule has 1 saturated heterocycles. The van der Waals surface area contributed by atoms with Gasteiger partial charge in [0, 0.05) is 49.3 Å². The highest BCUT2D eigenvalue weighted by molar-refractivity contribution is 6.21. The van der Waals surface area contributed by atoms with E-state index in [0.29, 0.717) is 11.3 Å². The Balaban J connectivity index is 1.37. The minimum absolute atomic E-state index is 0.0454. The first-order valence-electron chi connectivity index (χ1n) is 10.6. The van der Waals surface area contributed by atoms with E-state index in [2.05, 4.69) is 39.4 Å². The number of anilines is 3. The van der Waals surface area contributed by atoms with Gasteiger partial charge in [-0.05, 0) is 42.0 Å². The maximum atomic E-state index is 12.4. The minimum atomic E-state index is -1.14. The molecule has 4 rings (SSSR count). The number of amides is 1.